The van der Waals surface area contributed by atoms with Gasteiger partial charge in [0.15, 0.2) is 5.82 Å². The third-order valence-corrected chi connectivity index (χ3v) is 6.06. The summed E-state index contributed by atoms with van der Waals surface area (Å²) in [6.45, 7) is 10.5. The normalized spacial score (nSPS) is 15.4. The van der Waals surface area contributed by atoms with Crippen LogP contribution in [0.15, 0.2) is 35.7 Å². The van der Waals surface area contributed by atoms with E-state index in [0.29, 0.717) is 16.5 Å². The highest BCUT2D eigenvalue weighted by atomic mass is 32.2. The second kappa shape index (κ2) is 8.23. The Morgan fingerprint density at radius 3 is 2.68 bits per heavy atom. The molecule has 1 aromatic heterocycles. The van der Waals surface area contributed by atoms with Crippen molar-refractivity contribution in [3.05, 3.63) is 30.9 Å². The van der Waals surface area contributed by atoms with Crippen LogP contribution in [-0.2, 0) is 0 Å². The van der Waals surface area contributed by atoms with E-state index in [1.165, 1.54) is 25.7 Å². The number of hydrogen-bond donors (Lipinski definition) is 0. The van der Waals surface area contributed by atoms with Crippen molar-refractivity contribution < 1.29 is 4.48 Å². The lowest BCUT2D eigenvalue weighted by atomic mass is 10.2. The van der Waals surface area contributed by atoms with Gasteiger partial charge in [-0.25, -0.2) is 4.31 Å². The topological polar surface area (TPSA) is 24.3 Å². The fourth-order valence-corrected chi connectivity index (χ4v) is 4.69. The van der Waals surface area contributed by atoms with Gasteiger partial charge >= 0.3 is 0 Å². The van der Waals surface area contributed by atoms with E-state index in [1.807, 2.05) is 18.2 Å². The molecule has 6 heteroatoms. The minimum Gasteiger partial charge on any atom is -0.355 e. The Morgan fingerprint density at radius 2 is 2.04 bits per heavy atom. The summed E-state index contributed by atoms with van der Waals surface area (Å²) in [5.41, 5.74) is 0.530. The van der Waals surface area contributed by atoms with Gasteiger partial charge in [0.25, 0.3) is 0 Å². The standard InChI is InChI=1S/C19H27FN4S/c1-4-13-23(15-9-7-8-10-15)25-16-11-12-18-17(14-16)19(21-24(18)20)22(5-2)6-3/h4,11-12,14-15H,1,5-10,13H2,2-3H3. The Bertz CT molecular complexity index is 720. The number of hydrogen-bond acceptors (Lipinski definition) is 4. The molecule has 0 spiro atoms. The third-order valence-electron chi connectivity index (χ3n) is 4.92. The van der Waals surface area contributed by atoms with Crippen LogP contribution in [-0.4, -0.2) is 40.0 Å². The van der Waals surface area contributed by atoms with Crippen molar-refractivity contribution in [3.63, 3.8) is 0 Å². The summed E-state index contributed by atoms with van der Waals surface area (Å²) in [4.78, 5) is 3.71. The Labute approximate surface area is 153 Å². The highest BCUT2D eigenvalue weighted by molar-refractivity contribution is 7.97. The summed E-state index contributed by atoms with van der Waals surface area (Å²) in [6.07, 6.45) is 7.06. The van der Waals surface area contributed by atoms with Crippen LogP contribution in [0.5, 0.6) is 0 Å². The SMILES string of the molecule is C=CCN(Sc1ccc2c(c1)c(N(CC)CC)nn2F)C1CCCC1. The molecule has 0 aliphatic heterocycles. The van der Waals surface area contributed by atoms with Crippen LogP contribution in [0.3, 0.4) is 0 Å². The van der Waals surface area contributed by atoms with E-state index in [4.69, 9.17) is 0 Å². The zero-order valence-electron chi connectivity index (χ0n) is 15.1. The molecule has 2 aromatic rings. The zero-order chi connectivity index (χ0) is 17.8. The molecule has 1 aliphatic rings. The molecule has 3 rings (SSSR count). The van der Waals surface area contributed by atoms with E-state index < -0.39 is 0 Å². The molecule has 0 atom stereocenters. The van der Waals surface area contributed by atoms with E-state index in [9.17, 15) is 4.48 Å². The molecule has 1 heterocycles. The van der Waals surface area contributed by atoms with Gasteiger partial charge < -0.3 is 4.90 Å². The summed E-state index contributed by atoms with van der Waals surface area (Å²) in [6, 6.07) is 6.49. The molecule has 136 valence electrons. The molecule has 25 heavy (non-hydrogen) atoms. The molecule has 0 unspecified atom stereocenters. The first kappa shape index (κ1) is 18.3. The summed E-state index contributed by atoms with van der Waals surface area (Å²) in [5, 5.41) is 4.98. The maximum Gasteiger partial charge on any atom is 0.161 e. The van der Waals surface area contributed by atoms with Crippen molar-refractivity contribution >= 4 is 28.7 Å². The quantitative estimate of drug-likeness (QED) is 0.484. The highest BCUT2D eigenvalue weighted by Gasteiger charge is 2.23. The first-order valence-corrected chi connectivity index (χ1v) is 9.94. The van der Waals surface area contributed by atoms with Crippen molar-refractivity contribution in [3.8, 4) is 0 Å². The lowest BCUT2D eigenvalue weighted by Gasteiger charge is -2.26. The zero-order valence-corrected chi connectivity index (χ0v) is 15.9. The largest absolute Gasteiger partial charge is 0.355 e. The Hall–Kier alpha value is -1.53. The van der Waals surface area contributed by atoms with Crippen LogP contribution < -0.4 is 4.90 Å². The number of halogens is 1. The molecule has 1 saturated carbocycles. The molecule has 1 aromatic carbocycles. The van der Waals surface area contributed by atoms with E-state index in [0.717, 1.165) is 35.7 Å². The van der Waals surface area contributed by atoms with Gasteiger partial charge in [-0.2, -0.15) is 0 Å². The summed E-state index contributed by atoms with van der Waals surface area (Å²) in [5.74, 6) is 0.723. The maximum absolute atomic E-state index is 14.1. The van der Waals surface area contributed by atoms with Crippen molar-refractivity contribution in [2.24, 2.45) is 0 Å². The van der Waals surface area contributed by atoms with Crippen molar-refractivity contribution in [2.75, 3.05) is 24.5 Å². The Morgan fingerprint density at radius 1 is 1.32 bits per heavy atom. The molecule has 0 radical (unpaired) electrons. The van der Waals surface area contributed by atoms with E-state index in [2.05, 4.69) is 40.8 Å². The average molecular weight is 363 g/mol. The second-order valence-electron chi connectivity index (χ2n) is 6.45. The van der Waals surface area contributed by atoms with E-state index >= 15 is 0 Å². The van der Waals surface area contributed by atoms with Crippen LogP contribution in [0.1, 0.15) is 39.5 Å². The number of rotatable bonds is 8. The summed E-state index contributed by atoms with van der Waals surface area (Å²) in [7, 11) is 0. The van der Waals surface area contributed by atoms with Crippen LogP contribution >= 0.6 is 11.9 Å². The maximum atomic E-state index is 14.1. The van der Waals surface area contributed by atoms with Crippen molar-refractivity contribution in [1.29, 1.82) is 0 Å². The van der Waals surface area contributed by atoms with Crippen molar-refractivity contribution in [1.82, 2.24) is 14.3 Å². The molecule has 1 aliphatic carbocycles. The lowest BCUT2D eigenvalue weighted by Crippen LogP contribution is -2.26. The molecule has 1 fully saturated rings. The van der Waals surface area contributed by atoms with E-state index in [1.54, 1.807) is 11.9 Å². The van der Waals surface area contributed by atoms with Crippen LogP contribution in [0.2, 0.25) is 0 Å². The number of benzene rings is 1. The van der Waals surface area contributed by atoms with Gasteiger partial charge in [0.1, 0.15) is 5.52 Å². The number of nitrogens with zero attached hydrogens (tertiary/aromatic N) is 4. The van der Waals surface area contributed by atoms with Gasteiger partial charge in [-0.1, -0.05) is 28.3 Å². The van der Waals surface area contributed by atoms with Gasteiger partial charge in [0.05, 0.1) is 0 Å². The van der Waals surface area contributed by atoms with E-state index in [-0.39, 0.29) is 0 Å². The first-order chi connectivity index (χ1) is 12.2. The average Bonchev–Trinajstić information content (AvgIpc) is 3.25. The molecule has 0 saturated heterocycles. The molecule has 0 N–H and O–H groups in total. The van der Waals surface area contributed by atoms with Crippen LogP contribution in [0, 0.1) is 0 Å². The molecule has 4 nitrogen and oxygen atoms in total. The monoisotopic (exact) mass is 362 g/mol. The van der Waals surface area contributed by atoms with Crippen LogP contribution in [0.4, 0.5) is 10.3 Å². The Balaban J connectivity index is 1.91. The Kier molecular flexibility index (Phi) is 6.02. The predicted octanol–water partition coefficient (Wildman–Crippen LogP) is 5.05. The summed E-state index contributed by atoms with van der Waals surface area (Å²) < 4.78 is 16.6. The van der Waals surface area contributed by atoms with Crippen molar-refractivity contribution in [2.45, 2.75) is 50.5 Å². The second-order valence-corrected chi connectivity index (χ2v) is 7.58. The van der Waals surface area contributed by atoms with Gasteiger partial charge in [-0.3, -0.25) is 0 Å². The number of aromatic nitrogens is 2. The summed E-state index contributed by atoms with van der Waals surface area (Å²) >= 11 is 1.75. The minimum absolute atomic E-state index is 0.496. The molecule has 0 bridgehead atoms. The van der Waals surface area contributed by atoms with Gasteiger partial charge in [-0.15, -0.1) is 11.7 Å². The molecular weight excluding hydrogens is 335 g/mol. The third kappa shape index (κ3) is 3.85. The minimum atomic E-state index is 0.496. The fraction of sp³-hybridized carbons (Fsp3) is 0.526. The predicted molar refractivity (Wildman–Crippen MR) is 105 cm³/mol. The van der Waals surface area contributed by atoms with Crippen LogP contribution in [0.25, 0.3) is 10.9 Å². The number of fused-ring (bicyclic) bond motifs is 1. The van der Waals surface area contributed by atoms with Gasteiger partial charge in [0.2, 0.25) is 0 Å². The fourth-order valence-electron chi connectivity index (χ4n) is 3.58. The highest BCUT2D eigenvalue weighted by Crippen LogP contribution is 2.35. The van der Waals surface area contributed by atoms with Gasteiger partial charge in [0, 0.05) is 36.0 Å². The molecule has 0 amide bonds. The molecular formula is C19H27FN4S. The number of anilines is 1. The van der Waals surface area contributed by atoms with Gasteiger partial charge in [-0.05, 0) is 56.8 Å². The lowest BCUT2D eigenvalue weighted by molar-refractivity contribution is 0.332. The smallest absolute Gasteiger partial charge is 0.161 e. The first-order valence-electron chi connectivity index (χ1n) is 9.17.